The summed E-state index contributed by atoms with van der Waals surface area (Å²) >= 11 is 1.30. The van der Waals surface area contributed by atoms with Gasteiger partial charge in [0, 0.05) is 29.8 Å². The van der Waals surface area contributed by atoms with Crippen molar-refractivity contribution in [3.05, 3.63) is 107 Å². The zero-order valence-corrected chi connectivity index (χ0v) is 19.0. The molecule has 0 aliphatic rings. The SMILES string of the molecule is N#Cc1ccc(C(=O)CSc2nnc(CCNC(=O)c3ccccc3)n2-c2ccccc2)cc1. The van der Waals surface area contributed by atoms with E-state index in [1.165, 1.54) is 11.8 Å². The lowest BCUT2D eigenvalue weighted by Gasteiger charge is -2.11. The largest absolute Gasteiger partial charge is 0.352 e. The van der Waals surface area contributed by atoms with Crippen LogP contribution < -0.4 is 5.32 Å². The van der Waals surface area contributed by atoms with Crippen LogP contribution in [0.1, 0.15) is 32.1 Å². The van der Waals surface area contributed by atoms with Crippen LogP contribution in [-0.2, 0) is 6.42 Å². The van der Waals surface area contributed by atoms with E-state index in [2.05, 4.69) is 15.5 Å². The molecule has 34 heavy (non-hydrogen) atoms. The molecule has 1 amide bonds. The Morgan fingerprint density at radius 3 is 2.24 bits per heavy atom. The fourth-order valence-corrected chi connectivity index (χ4v) is 4.18. The summed E-state index contributed by atoms with van der Waals surface area (Å²) in [6.45, 7) is 0.396. The van der Waals surface area contributed by atoms with Crippen molar-refractivity contribution in [2.45, 2.75) is 11.6 Å². The molecule has 4 aromatic rings. The monoisotopic (exact) mass is 467 g/mol. The maximum atomic E-state index is 12.6. The number of ketones is 1. The molecule has 168 valence electrons. The molecule has 0 radical (unpaired) electrons. The molecule has 0 spiro atoms. The van der Waals surface area contributed by atoms with Crippen molar-refractivity contribution in [2.24, 2.45) is 0 Å². The van der Waals surface area contributed by atoms with E-state index in [1.54, 1.807) is 36.4 Å². The van der Waals surface area contributed by atoms with E-state index in [0.29, 0.717) is 40.6 Å². The number of nitriles is 1. The van der Waals surface area contributed by atoms with Gasteiger partial charge in [-0.3, -0.25) is 14.2 Å². The van der Waals surface area contributed by atoms with Crippen LogP contribution in [-0.4, -0.2) is 38.8 Å². The van der Waals surface area contributed by atoms with E-state index >= 15 is 0 Å². The van der Waals surface area contributed by atoms with Gasteiger partial charge in [0.25, 0.3) is 5.91 Å². The summed E-state index contributed by atoms with van der Waals surface area (Å²) in [6.07, 6.45) is 0.477. The minimum Gasteiger partial charge on any atom is -0.352 e. The summed E-state index contributed by atoms with van der Waals surface area (Å²) < 4.78 is 1.91. The van der Waals surface area contributed by atoms with Gasteiger partial charge in [-0.05, 0) is 36.4 Å². The smallest absolute Gasteiger partial charge is 0.251 e. The lowest BCUT2D eigenvalue weighted by atomic mass is 10.1. The van der Waals surface area contributed by atoms with Crippen molar-refractivity contribution in [1.29, 1.82) is 5.26 Å². The Kier molecular flexibility index (Phi) is 7.48. The van der Waals surface area contributed by atoms with Gasteiger partial charge in [-0.1, -0.05) is 60.3 Å². The van der Waals surface area contributed by atoms with Crippen molar-refractivity contribution < 1.29 is 9.59 Å². The number of rotatable bonds is 9. The molecule has 0 unspecified atom stereocenters. The number of aromatic nitrogens is 3. The maximum absolute atomic E-state index is 12.6. The fourth-order valence-electron chi connectivity index (χ4n) is 3.32. The Morgan fingerprint density at radius 1 is 0.882 bits per heavy atom. The maximum Gasteiger partial charge on any atom is 0.251 e. The third-order valence-corrected chi connectivity index (χ3v) is 5.98. The Balaban J connectivity index is 1.46. The minimum atomic E-state index is -0.144. The molecule has 0 aliphatic carbocycles. The number of carbonyl (C=O) groups is 2. The van der Waals surface area contributed by atoms with Crippen LogP contribution in [0.4, 0.5) is 0 Å². The summed E-state index contributed by atoms with van der Waals surface area (Å²) in [7, 11) is 0. The lowest BCUT2D eigenvalue weighted by Crippen LogP contribution is -2.26. The average Bonchev–Trinajstić information content (AvgIpc) is 3.30. The highest BCUT2D eigenvalue weighted by atomic mass is 32.2. The Bertz CT molecular complexity index is 1310. The zero-order chi connectivity index (χ0) is 23.8. The lowest BCUT2D eigenvalue weighted by molar-refractivity contribution is 0.0953. The number of Topliss-reactive ketones (excluding diaryl/α,β-unsaturated/α-hetero) is 1. The van der Waals surface area contributed by atoms with Crippen molar-refractivity contribution in [2.75, 3.05) is 12.3 Å². The third kappa shape index (κ3) is 5.57. The first-order valence-electron chi connectivity index (χ1n) is 10.6. The van der Waals surface area contributed by atoms with Gasteiger partial charge in [0.15, 0.2) is 10.9 Å². The number of para-hydroxylation sites is 1. The summed E-state index contributed by atoms with van der Waals surface area (Å²) in [5.41, 5.74) is 2.54. The van der Waals surface area contributed by atoms with E-state index in [9.17, 15) is 9.59 Å². The van der Waals surface area contributed by atoms with E-state index < -0.39 is 0 Å². The second-order valence-corrected chi connectivity index (χ2v) is 8.29. The molecule has 0 aliphatic heterocycles. The van der Waals surface area contributed by atoms with Gasteiger partial charge in [0.1, 0.15) is 5.82 Å². The first kappa shape index (κ1) is 23.0. The highest BCUT2D eigenvalue weighted by molar-refractivity contribution is 7.99. The van der Waals surface area contributed by atoms with E-state index in [1.807, 2.05) is 59.2 Å². The van der Waals surface area contributed by atoms with E-state index in [-0.39, 0.29) is 17.4 Å². The highest BCUT2D eigenvalue weighted by Crippen LogP contribution is 2.23. The van der Waals surface area contributed by atoms with Gasteiger partial charge in [0.2, 0.25) is 0 Å². The van der Waals surface area contributed by atoms with Crippen LogP contribution in [0.2, 0.25) is 0 Å². The van der Waals surface area contributed by atoms with Crippen molar-refractivity contribution in [3.8, 4) is 11.8 Å². The molecule has 0 bridgehead atoms. The molecular weight excluding hydrogens is 446 g/mol. The van der Waals surface area contributed by atoms with Crippen LogP contribution in [0.25, 0.3) is 5.69 Å². The molecule has 8 heteroatoms. The summed E-state index contributed by atoms with van der Waals surface area (Å²) in [6, 6.07) is 27.3. The summed E-state index contributed by atoms with van der Waals surface area (Å²) in [4.78, 5) is 25.0. The van der Waals surface area contributed by atoms with Gasteiger partial charge in [-0.25, -0.2) is 0 Å². The van der Waals surface area contributed by atoms with Crippen molar-refractivity contribution in [3.63, 3.8) is 0 Å². The van der Waals surface area contributed by atoms with Gasteiger partial charge in [-0.15, -0.1) is 10.2 Å². The first-order chi connectivity index (χ1) is 16.7. The second-order valence-electron chi connectivity index (χ2n) is 7.34. The molecule has 7 nitrogen and oxygen atoms in total. The van der Waals surface area contributed by atoms with Crippen molar-refractivity contribution in [1.82, 2.24) is 20.1 Å². The number of amides is 1. The Labute approximate surface area is 201 Å². The zero-order valence-electron chi connectivity index (χ0n) is 18.2. The predicted octanol–water partition coefficient (Wildman–Crippen LogP) is 4.09. The number of benzene rings is 3. The van der Waals surface area contributed by atoms with Gasteiger partial charge < -0.3 is 5.32 Å². The van der Waals surface area contributed by atoms with Crippen LogP contribution in [0, 0.1) is 11.3 Å². The Hall–Kier alpha value is -4.22. The molecule has 0 saturated heterocycles. The number of thioether (sulfide) groups is 1. The van der Waals surface area contributed by atoms with Crippen LogP contribution in [0.3, 0.4) is 0 Å². The van der Waals surface area contributed by atoms with E-state index in [4.69, 9.17) is 5.26 Å². The molecule has 0 saturated carbocycles. The molecule has 4 rings (SSSR count). The number of nitrogens with zero attached hydrogens (tertiary/aromatic N) is 4. The molecule has 0 atom stereocenters. The molecule has 1 aromatic heterocycles. The normalized spacial score (nSPS) is 10.4. The predicted molar refractivity (Wildman–Crippen MR) is 130 cm³/mol. The van der Waals surface area contributed by atoms with Gasteiger partial charge in [-0.2, -0.15) is 5.26 Å². The summed E-state index contributed by atoms with van der Waals surface area (Å²) in [5.74, 6) is 0.664. The van der Waals surface area contributed by atoms with Crippen LogP contribution >= 0.6 is 11.8 Å². The number of hydrogen-bond acceptors (Lipinski definition) is 6. The molecular formula is C26H21N5O2S. The molecule has 0 fully saturated rings. The number of nitrogens with one attached hydrogen (secondary N) is 1. The standard InChI is InChI=1S/C26H21N5O2S/c27-17-19-11-13-20(14-12-19)23(32)18-34-26-30-29-24(31(26)22-9-5-2-6-10-22)15-16-28-25(33)21-7-3-1-4-8-21/h1-14H,15-16,18H2,(H,28,33). The average molecular weight is 468 g/mol. The minimum absolute atomic E-state index is 0.0613. The topological polar surface area (TPSA) is 101 Å². The number of carbonyl (C=O) groups excluding carboxylic acids is 2. The number of hydrogen-bond donors (Lipinski definition) is 1. The first-order valence-corrected chi connectivity index (χ1v) is 11.6. The fraction of sp³-hybridized carbons (Fsp3) is 0.115. The van der Waals surface area contributed by atoms with Crippen LogP contribution in [0.5, 0.6) is 0 Å². The van der Waals surface area contributed by atoms with Crippen LogP contribution in [0.15, 0.2) is 90.1 Å². The highest BCUT2D eigenvalue weighted by Gasteiger charge is 2.17. The molecule has 1 heterocycles. The van der Waals surface area contributed by atoms with Gasteiger partial charge in [0.05, 0.1) is 17.4 Å². The Morgan fingerprint density at radius 2 is 1.56 bits per heavy atom. The molecule has 1 N–H and O–H groups in total. The second kappa shape index (κ2) is 11.1. The summed E-state index contributed by atoms with van der Waals surface area (Å²) in [5, 5.41) is 21.1. The molecule has 3 aromatic carbocycles. The van der Waals surface area contributed by atoms with E-state index in [0.717, 1.165) is 5.69 Å². The van der Waals surface area contributed by atoms with Crippen molar-refractivity contribution >= 4 is 23.5 Å². The third-order valence-electron chi connectivity index (χ3n) is 5.05. The quantitative estimate of drug-likeness (QED) is 0.294. The van der Waals surface area contributed by atoms with Gasteiger partial charge >= 0.3 is 0 Å².